The topological polar surface area (TPSA) is 165 Å². The first-order valence-corrected chi connectivity index (χ1v) is 13.7. The summed E-state index contributed by atoms with van der Waals surface area (Å²) in [5.74, 6) is 1.29. The predicted octanol–water partition coefficient (Wildman–Crippen LogP) is 2.05. The predicted molar refractivity (Wildman–Crippen MR) is 139 cm³/mol. The molecule has 2 atom stereocenters. The van der Waals surface area contributed by atoms with Crippen molar-refractivity contribution in [1.82, 2.24) is 23.9 Å². The third kappa shape index (κ3) is 5.87. The lowest BCUT2D eigenvalue weighted by molar-refractivity contribution is -0.759. The Morgan fingerprint density at radius 2 is 2.05 bits per heavy atom. The van der Waals surface area contributed by atoms with E-state index >= 15 is 0 Å². The summed E-state index contributed by atoms with van der Waals surface area (Å²) in [6.45, 7) is 6.54. The minimum absolute atomic E-state index is 0.184. The number of aryl methyl sites for hydroxylation is 2. The quantitative estimate of drug-likeness (QED) is 0.269. The van der Waals surface area contributed by atoms with E-state index in [-0.39, 0.29) is 23.9 Å². The molecule has 1 aliphatic rings. The highest BCUT2D eigenvalue weighted by Crippen LogP contribution is 2.31. The molecule has 0 bridgehead atoms. The van der Waals surface area contributed by atoms with E-state index in [4.69, 9.17) is 4.74 Å². The molecule has 0 spiro atoms. The van der Waals surface area contributed by atoms with Gasteiger partial charge in [-0.1, -0.05) is 6.92 Å². The van der Waals surface area contributed by atoms with Crippen LogP contribution in [0.1, 0.15) is 44.6 Å². The molecule has 14 heteroatoms. The van der Waals surface area contributed by atoms with Gasteiger partial charge < -0.3 is 19.7 Å². The number of imidazole rings is 1. The number of nitrogens with zero attached hydrogens (tertiary/aromatic N) is 5. The molecule has 2 aromatic heterocycles. The van der Waals surface area contributed by atoms with Crippen molar-refractivity contribution in [3.63, 3.8) is 0 Å². The Bertz CT molecular complexity index is 1380. The molecular weight excluding hydrogens is 516 g/mol. The Labute approximate surface area is 221 Å². The minimum atomic E-state index is -1.52. The lowest BCUT2D eigenvalue weighted by atomic mass is 9.93. The maximum Gasteiger partial charge on any atom is 0.294 e. The van der Waals surface area contributed by atoms with Crippen molar-refractivity contribution in [3.8, 4) is 17.1 Å². The van der Waals surface area contributed by atoms with Crippen molar-refractivity contribution in [2.75, 3.05) is 26.3 Å². The Hall–Kier alpha value is -3.36. The molecule has 3 aromatic rings. The van der Waals surface area contributed by atoms with Gasteiger partial charge in [0.1, 0.15) is 29.2 Å². The van der Waals surface area contributed by atoms with Crippen LogP contribution in [0.5, 0.6) is 5.75 Å². The van der Waals surface area contributed by atoms with E-state index < -0.39 is 22.2 Å². The number of aliphatic hydroxyl groups is 1. The summed E-state index contributed by atoms with van der Waals surface area (Å²) in [7, 11) is -1.52. The number of hydrogen-bond donors (Lipinski definition) is 2. The zero-order valence-corrected chi connectivity index (χ0v) is 22.4. The molecule has 2 unspecified atom stereocenters. The highest BCUT2D eigenvalue weighted by atomic mass is 32.2. The van der Waals surface area contributed by atoms with Crippen LogP contribution in [0.3, 0.4) is 0 Å². The van der Waals surface area contributed by atoms with Gasteiger partial charge in [-0.25, -0.2) is 18.0 Å². The Balaban J connectivity index is 1.61. The smallest absolute Gasteiger partial charge is 0.294 e. The van der Waals surface area contributed by atoms with E-state index in [1.54, 1.807) is 33.9 Å². The molecule has 1 aromatic carbocycles. The molecule has 4 rings (SSSR count). The van der Waals surface area contributed by atoms with Crippen LogP contribution >= 0.6 is 0 Å². The largest absolute Gasteiger partial charge is 0.493 e. The Morgan fingerprint density at radius 3 is 2.71 bits per heavy atom. The van der Waals surface area contributed by atoms with Crippen molar-refractivity contribution < 1.29 is 24.0 Å². The number of fused-ring (bicyclic) bond motifs is 1. The van der Waals surface area contributed by atoms with Crippen LogP contribution in [0.2, 0.25) is 0 Å². The summed E-state index contributed by atoms with van der Waals surface area (Å²) in [6, 6.07) is 5.14. The fourth-order valence-electron chi connectivity index (χ4n) is 4.68. The summed E-state index contributed by atoms with van der Waals surface area (Å²) in [5.41, 5.74) is 1.18. The van der Waals surface area contributed by atoms with Crippen LogP contribution in [-0.4, -0.2) is 70.7 Å². The number of aliphatic hydroxyl groups excluding tert-OH is 1. The number of H-pyrrole nitrogens is 1. The van der Waals surface area contributed by atoms with Crippen LogP contribution in [0.15, 0.2) is 27.9 Å². The second-order valence-electron chi connectivity index (χ2n) is 9.12. The van der Waals surface area contributed by atoms with Crippen molar-refractivity contribution >= 4 is 16.5 Å². The molecule has 2 N–H and O–H groups in total. The van der Waals surface area contributed by atoms with Gasteiger partial charge in [0.15, 0.2) is 11.3 Å². The van der Waals surface area contributed by atoms with Crippen molar-refractivity contribution in [1.29, 1.82) is 0 Å². The number of rotatable bonds is 11. The van der Waals surface area contributed by atoms with E-state index in [9.17, 15) is 24.2 Å². The highest BCUT2D eigenvalue weighted by molar-refractivity contribution is 7.82. The summed E-state index contributed by atoms with van der Waals surface area (Å²) in [4.78, 5) is 35.5. The van der Waals surface area contributed by atoms with Gasteiger partial charge in [-0.15, -0.1) is 15.2 Å². The first-order valence-electron chi connectivity index (χ1n) is 12.6. The van der Waals surface area contributed by atoms with E-state index in [1.165, 1.54) is 0 Å². The average Bonchev–Trinajstić information content (AvgIpc) is 3.22. The molecule has 3 heterocycles. The maximum atomic E-state index is 13.5. The van der Waals surface area contributed by atoms with Crippen LogP contribution in [-0.2, 0) is 22.2 Å². The van der Waals surface area contributed by atoms with E-state index in [2.05, 4.69) is 19.9 Å². The second kappa shape index (κ2) is 12.0. The van der Waals surface area contributed by atoms with E-state index in [1.807, 2.05) is 13.8 Å². The molecule has 1 saturated heterocycles. The minimum Gasteiger partial charge on any atom is -0.493 e. The number of nitrogens with one attached hydrogen (secondary N) is 1. The standard InChI is InChI=1S/C24H32N6O7S/c1-4-6-21-25-15(3)22-24(32)26-23(27-29(21)22)18-13-17(7-8-20(18)36-5-2)38(35)28-11-9-16(10-12-28)19(31)14-37-30(33)34/h7-8,13,16,19,31H,4-6,9-12,14H2,1-3H3,(H,26,27,32). The van der Waals surface area contributed by atoms with Gasteiger partial charge in [-0.2, -0.15) is 0 Å². The Morgan fingerprint density at radius 1 is 1.32 bits per heavy atom. The number of ether oxygens (including phenoxy) is 1. The zero-order chi connectivity index (χ0) is 27.4. The van der Waals surface area contributed by atoms with Gasteiger partial charge in [0.2, 0.25) is 0 Å². The second-order valence-corrected chi connectivity index (χ2v) is 10.6. The van der Waals surface area contributed by atoms with Crippen LogP contribution < -0.4 is 10.3 Å². The maximum absolute atomic E-state index is 13.5. The summed E-state index contributed by atoms with van der Waals surface area (Å²) < 4.78 is 22.6. The normalized spacial score (nSPS) is 16.4. The third-order valence-corrected chi connectivity index (χ3v) is 8.04. The lowest BCUT2D eigenvalue weighted by Crippen LogP contribution is -2.40. The Kier molecular flexibility index (Phi) is 8.74. The first kappa shape index (κ1) is 27.7. The first-order chi connectivity index (χ1) is 18.2. The lowest BCUT2D eigenvalue weighted by Gasteiger charge is -2.33. The molecule has 38 heavy (non-hydrogen) atoms. The molecule has 13 nitrogen and oxygen atoms in total. The molecule has 1 aliphatic heterocycles. The van der Waals surface area contributed by atoms with Gasteiger partial charge in [-0.05, 0) is 57.2 Å². The van der Waals surface area contributed by atoms with Crippen molar-refractivity contribution in [2.24, 2.45) is 5.92 Å². The molecule has 0 amide bonds. The molecule has 1 fully saturated rings. The van der Waals surface area contributed by atoms with Crippen LogP contribution in [0.25, 0.3) is 16.9 Å². The van der Waals surface area contributed by atoms with Gasteiger partial charge in [0.05, 0.1) is 28.9 Å². The average molecular weight is 549 g/mol. The molecule has 0 saturated carbocycles. The third-order valence-electron chi connectivity index (χ3n) is 6.55. The number of benzene rings is 1. The van der Waals surface area contributed by atoms with Gasteiger partial charge in [0.25, 0.3) is 10.6 Å². The summed E-state index contributed by atoms with van der Waals surface area (Å²) in [6.07, 6.45) is 1.58. The van der Waals surface area contributed by atoms with Crippen molar-refractivity contribution in [2.45, 2.75) is 57.5 Å². The summed E-state index contributed by atoms with van der Waals surface area (Å²) in [5, 5.41) is 24.3. The number of aromatic amines is 1. The molecule has 206 valence electrons. The SMILES string of the molecule is CCCc1nc(C)c2c(=O)[nH]c(-c3cc(S(=O)N4CCC(C(O)CO[N+](=O)[O-])CC4)ccc3OCC)nn12. The number of piperidine rings is 1. The van der Waals surface area contributed by atoms with E-state index in [0.29, 0.717) is 72.2 Å². The van der Waals surface area contributed by atoms with Gasteiger partial charge in [-0.3, -0.25) is 4.79 Å². The molecule has 0 radical (unpaired) electrons. The zero-order valence-electron chi connectivity index (χ0n) is 21.6. The number of hydrogen-bond acceptors (Lipinski definition) is 9. The summed E-state index contributed by atoms with van der Waals surface area (Å²) >= 11 is 0. The molecule has 0 aliphatic carbocycles. The fourth-order valence-corrected chi connectivity index (χ4v) is 5.92. The highest BCUT2D eigenvalue weighted by Gasteiger charge is 2.29. The molecular formula is C24H32N6O7S. The van der Waals surface area contributed by atoms with E-state index in [0.717, 1.165) is 6.42 Å². The monoisotopic (exact) mass is 548 g/mol. The van der Waals surface area contributed by atoms with Gasteiger partial charge >= 0.3 is 0 Å². The number of aromatic nitrogens is 4. The fraction of sp³-hybridized carbons (Fsp3) is 0.542. The van der Waals surface area contributed by atoms with Crippen molar-refractivity contribution in [3.05, 3.63) is 50.2 Å². The van der Waals surface area contributed by atoms with Gasteiger partial charge in [0, 0.05) is 19.5 Å². The van der Waals surface area contributed by atoms with Crippen LogP contribution in [0, 0.1) is 23.0 Å². The van der Waals surface area contributed by atoms with Crippen LogP contribution in [0.4, 0.5) is 0 Å².